The van der Waals surface area contributed by atoms with Gasteiger partial charge in [-0.1, -0.05) is 31.5 Å². The van der Waals surface area contributed by atoms with E-state index in [9.17, 15) is 14.4 Å². The van der Waals surface area contributed by atoms with Gasteiger partial charge in [-0.2, -0.15) is 0 Å². The van der Waals surface area contributed by atoms with Gasteiger partial charge in [-0.15, -0.1) is 0 Å². The third-order valence-electron chi connectivity index (χ3n) is 3.29. The van der Waals surface area contributed by atoms with Gasteiger partial charge in [0.2, 0.25) is 0 Å². The highest BCUT2D eigenvalue weighted by molar-refractivity contribution is 6.36. The van der Waals surface area contributed by atoms with Gasteiger partial charge < -0.3 is 4.74 Å². The number of Topliss-reactive ketones (excluding diaryl/α,β-unsaturated/α-hetero) is 2. The van der Waals surface area contributed by atoms with Gasteiger partial charge in [0.15, 0.2) is 0 Å². The number of hydrogen-bond acceptors (Lipinski definition) is 5. The Labute approximate surface area is 147 Å². The van der Waals surface area contributed by atoms with Crippen molar-refractivity contribution < 1.29 is 19.1 Å². The van der Waals surface area contributed by atoms with E-state index in [4.69, 9.17) is 16.3 Å². The first-order valence-corrected chi connectivity index (χ1v) is 8.28. The molecule has 0 N–H and O–H groups in total. The van der Waals surface area contributed by atoms with E-state index in [0.29, 0.717) is 5.69 Å². The van der Waals surface area contributed by atoms with Gasteiger partial charge in [-0.25, -0.2) is 4.79 Å². The Morgan fingerprint density at radius 2 is 1.75 bits per heavy atom. The zero-order valence-corrected chi connectivity index (χ0v) is 15.1. The Morgan fingerprint density at radius 3 is 2.25 bits per heavy atom. The molecule has 0 fully saturated rings. The van der Waals surface area contributed by atoms with Crippen LogP contribution in [0, 0.1) is 5.92 Å². The predicted octanol–water partition coefficient (Wildman–Crippen LogP) is 4.18. The SMILES string of the molecule is CCC(=O)C(C=Nc1cccc(C(=O)OC(C)C)c1Cl)C(=O)CC. The summed E-state index contributed by atoms with van der Waals surface area (Å²) in [6.07, 6.45) is 1.53. The van der Waals surface area contributed by atoms with Crippen LogP contribution < -0.4 is 0 Å². The van der Waals surface area contributed by atoms with Gasteiger partial charge in [-0.3, -0.25) is 14.6 Å². The fraction of sp³-hybridized carbons (Fsp3) is 0.444. The van der Waals surface area contributed by atoms with E-state index in [2.05, 4.69) is 4.99 Å². The summed E-state index contributed by atoms with van der Waals surface area (Å²) in [6, 6.07) is 4.76. The molecule has 0 bridgehead atoms. The van der Waals surface area contributed by atoms with E-state index in [-0.39, 0.29) is 41.1 Å². The van der Waals surface area contributed by atoms with Crippen molar-refractivity contribution in [2.75, 3.05) is 0 Å². The van der Waals surface area contributed by atoms with E-state index in [1.807, 2.05) is 0 Å². The second-order valence-corrected chi connectivity index (χ2v) is 5.87. The first-order chi connectivity index (χ1) is 11.3. The number of aliphatic imine (C=N–C) groups is 1. The lowest BCUT2D eigenvalue weighted by Crippen LogP contribution is -2.24. The minimum absolute atomic E-state index is 0.131. The van der Waals surface area contributed by atoms with Gasteiger partial charge in [0.05, 0.1) is 22.4 Å². The number of benzene rings is 1. The number of hydrogen-bond donors (Lipinski definition) is 0. The summed E-state index contributed by atoms with van der Waals surface area (Å²) in [5, 5.41) is 0.131. The van der Waals surface area contributed by atoms with Crippen LogP contribution in [0.15, 0.2) is 23.2 Å². The maximum Gasteiger partial charge on any atom is 0.339 e. The average molecular weight is 352 g/mol. The van der Waals surface area contributed by atoms with Gasteiger partial charge >= 0.3 is 5.97 Å². The molecule has 130 valence electrons. The largest absolute Gasteiger partial charge is 0.459 e. The standard InChI is InChI=1S/C18H22ClNO4/c1-5-15(21)13(16(22)6-2)10-20-14-9-7-8-12(17(14)19)18(23)24-11(3)4/h7-11,13H,5-6H2,1-4H3. The molecule has 0 saturated carbocycles. The molecule has 0 amide bonds. The van der Waals surface area contributed by atoms with Crippen LogP contribution in [0.4, 0.5) is 5.69 Å². The maximum atomic E-state index is 12.0. The van der Waals surface area contributed by atoms with E-state index < -0.39 is 11.9 Å². The van der Waals surface area contributed by atoms with Crippen LogP contribution in [-0.4, -0.2) is 29.9 Å². The topological polar surface area (TPSA) is 72.8 Å². The number of rotatable bonds is 8. The highest BCUT2D eigenvalue weighted by Crippen LogP contribution is 2.29. The van der Waals surface area contributed by atoms with Crippen molar-refractivity contribution in [1.29, 1.82) is 0 Å². The normalized spacial score (nSPS) is 11.3. The summed E-state index contributed by atoms with van der Waals surface area (Å²) >= 11 is 6.21. The number of carbonyl (C=O) groups excluding carboxylic acids is 3. The van der Waals surface area contributed by atoms with Crippen molar-refractivity contribution >= 4 is 41.0 Å². The quantitative estimate of drug-likeness (QED) is 0.400. The second-order valence-electron chi connectivity index (χ2n) is 5.49. The third-order valence-corrected chi connectivity index (χ3v) is 3.69. The van der Waals surface area contributed by atoms with E-state index in [0.717, 1.165) is 0 Å². The molecule has 0 radical (unpaired) electrons. The van der Waals surface area contributed by atoms with Crippen LogP contribution in [0.25, 0.3) is 0 Å². The van der Waals surface area contributed by atoms with E-state index in [1.165, 1.54) is 12.3 Å². The molecule has 0 heterocycles. The Morgan fingerprint density at radius 1 is 1.17 bits per heavy atom. The molecule has 0 saturated heterocycles. The monoisotopic (exact) mass is 351 g/mol. The van der Waals surface area contributed by atoms with Crippen LogP contribution in [0.2, 0.25) is 5.02 Å². The van der Waals surface area contributed by atoms with Gasteiger partial charge in [-0.05, 0) is 26.0 Å². The number of halogens is 1. The first-order valence-electron chi connectivity index (χ1n) is 7.90. The lowest BCUT2D eigenvalue weighted by molar-refractivity contribution is -0.129. The molecule has 0 spiro atoms. The summed E-state index contributed by atoms with van der Waals surface area (Å²) in [5.74, 6) is -1.82. The molecular formula is C18H22ClNO4. The second kappa shape index (κ2) is 9.33. The molecule has 1 aromatic rings. The summed E-state index contributed by atoms with van der Waals surface area (Å²) in [4.78, 5) is 40.0. The average Bonchev–Trinajstić information content (AvgIpc) is 2.54. The van der Waals surface area contributed by atoms with E-state index in [1.54, 1.807) is 39.8 Å². The Balaban J connectivity index is 3.12. The van der Waals surface area contributed by atoms with Crippen LogP contribution >= 0.6 is 11.6 Å². The predicted molar refractivity (Wildman–Crippen MR) is 94.2 cm³/mol. The number of ether oxygens (including phenoxy) is 1. The van der Waals surface area contributed by atoms with Crippen LogP contribution in [-0.2, 0) is 14.3 Å². The number of carbonyl (C=O) groups is 3. The molecule has 6 heteroatoms. The molecule has 0 aromatic heterocycles. The summed E-state index contributed by atoms with van der Waals surface area (Å²) < 4.78 is 5.13. The summed E-state index contributed by atoms with van der Waals surface area (Å²) in [7, 11) is 0. The number of ketones is 2. The summed E-state index contributed by atoms with van der Waals surface area (Å²) in [6.45, 7) is 6.87. The first kappa shape index (κ1) is 20.0. The van der Waals surface area contributed by atoms with E-state index >= 15 is 0 Å². The zero-order valence-electron chi connectivity index (χ0n) is 14.3. The zero-order chi connectivity index (χ0) is 18.3. The Kier molecular flexibility index (Phi) is 7.79. The fourth-order valence-electron chi connectivity index (χ4n) is 2.00. The highest BCUT2D eigenvalue weighted by Gasteiger charge is 2.22. The molecule has 0 unspecified atom stereocenters. The van der Waals surface area contributed by atoms with Gasteiger partial charge in [0.1, 0.15) is 17.5 Å². The molecule has 5 nitrogen and oxygen atoms in total. The molecule has 1 aromatic carbocycles. The van der Waals surface area contributed by atoms with Crippen molar-refractivity contribution in [2.24, 2.45) is 10.9 Å². The Bertz CT molecular complexity index is 636. The van der Waals surface area contributed by atoms with Crippen molar-refractivity contribution in [1.82, 2.24) is 0 Å². The van der Waals surface area contributed by atoms with Crippen LogP contribution in [0.5, 0.6) is 0 Å². The van der Waals surface area contributed by atoms with Crippen molar-refractivity contribution in [3.8, 4) is 0 Å². The van der Waals surface area contributed by atoms with Crippen molar-refractivity contribution in [3.63, 3.8) is 0 Å². The number of esters is 1. The highest BCUT2D eigenvalue weighted by atomic mass is 35.5. The van der Waals surface area contributed by atoms with Crippen LogP contribution in [0.3, 0.4) is 0 Å². The molecule has 0 aliphatic heterocycles. The van der Waals surface area contributed by atoms with Crippen LogP contribution in [0.1, 0.15) is 50.9 Å². The molecular weight excluding hydrogens is 330 g/mol. The smallest absolute Gasteiger partial charge is 0.339 e. The molecule has 0 aliphatic carbocycles. The maximum absolute atomic E-state index is 12.0. The van der Waals surface area contributed by atoms with Crippen molar-refractivity contribution in [3.05, 3.63) is 28.8 Å². The van der Waals surface area contributed by atoms with Crippen molar-refractivity contribution in [2.45, 2.75) is 46.6 Å². The lowest BCUT2D eigenvalue weighted by atomic mass is 9.97. The molecule has 1 rings (SSSR count). The fourth-order valence-corrected chi connectivity index (χ4v) is 2.25. The van der Waals surface area contributed by atoms with Gasteiger partial charge in [0.25, 0.3) is 0 Å². The minimum Gasteiger partial charge on any atom is -0.459 e. The minimum atomic E-state index is -0.887. The molecule has 0 atom stereocenters. The van der Waals surface area contributed by atoms with Gasteiger partial charge in [0, 0.05) is 19.1 Å². The summed E-state index contributed by atoms with van der Waals surface area (Å²) in [5.41, 5.74) is 0.507. The lowest BCUT2D eigenvalue weighted by Gasteiger charge is -2.10. The Hall–Kier alpha value is -2.01. The molecule has 0 aliphatic rings. The molecule has 24 heavy (non-hydrogen) atoms. The number of nitrogens with zero attached hydrogens (tertiary/aromatic N) is 1. The third kappa shape index (κ3) is 5.27.